The first kappa shape index (κ1) is 19.6. The number of hydrogen-bond donors (Lipinski definition) is 0. The van der Waals surface area contributed by atoms with Gasteiger partial charge in [-0.1, -0.05) is 6.07 Å². The topological polar surface area (TPSA) is 9.23 Å². The molecule has 2 fully saturated rings. The molecule has 2 saturated carbocycles. The molecular formula is C17H26BF4OP. The Morgan fingerprint density at radius 1 is 0.917 bits per heavy atom. The van der Waals surface area contributed by atoms with E-state index in [-0.39, 0.29) is 7.92 Å². The van der Waals surface area contributed by atoms with E-state index >= 15 is 0 Å². The molecule has 2 aliphatic carbocycles. The van der Waals surface area contributed by atoms with Gasteiger partial charge in [-0.3, -0.25) is 0 Å². The number of rotatable bonds is 4. The van der Waals surface area contributed by atoms with E-state index in [4.69, 9.17) is 4.74 Å². The Bertz CT molecular complexity index is 478. The molecule has 0 radical (unpaired) electrons. The van der Waals surface area contributed by atoms with E-state index in [0.717, 1.165) is 17.1 Å². The molecule has 0 saturated heterocycles. The minimum atomic E-state index is -6.00. The van der Waals surface area contributed by atoms with Gasteiger partial charge >= 0.3 is 7.25 Å². The lowest BCUT2D eigenvalue weighted by molar-refractivity contribution is 0.368. The number of ether oxygens (including phenoxy) is 1. The second-order valence-corrected chi connectivity index (χ2v) is 9.77. The Hall–Kier alpha value is -0.765. The second-order valence-electron chi connectivity index (χ2n) is 6.64. The molecule has 0 aliphatic heterocycles. The average molecular weight is 364 g/mol. The summed E-state index contributed by atoms with van der Waals surface area (Å²) < 4.78 is 44.4. The summed E-state index contributed by atoms with van der Waals surface area (Å²) in [6.45, 7) is 0. The molecule has 2 aliphatic rings. The minimum Gasteiger partial charge on any atom is -0.497 e. The van der Waals surface area contributed by atoms with E-state index in [1.807, 2.05) is 0 Å². The van der Waals surface area contributed by atoms with E-state index in [0.29, 0.717) is 0 Å². The van der Waals surface area contributed by atoms with Crippen LogP contribution in [0.25, 0.3) is 0 Å². The summed E-state index contributed by atoms with van der Waals surface area (Å²) in [5.74, 6) is 1.05. The molecule has 7 heteroatoms. The Morgan fingerprint density at radius 2 is 1.38 bits per heavy atom. The second kappa shape index (κ2) is 9.08. The molecule has 0 aromatic heterocycles. The molecular weight excluding hydrogens is 338 g/mol. The van der Waals surface area contributed by atoms with Crippen molar-refractivity contribution in [3.63, 3.8) is 0 Å². The normalized spacial score (nSPS) is 19.4. The van der Waals surface area contributed by atoms with Crippen LogP contribution in [0.5, 0.6) is 5.75 Å². The molecule has 0 spiro atoms. The summed E-state index contributed by atoms with van der Waals surface area (Å²) in [6, 6.07) is 9.01. The van der Waals surface area contributed by atoms with Crippen molar-refractivity contribution in [3.05, 3.63) is 24.3 Å². The zero-order valence-electron chi connectivity index (χ0n) is 14.1. The maximum atomic E-state index is 9.75. The van der Waals surface area contributed by atoms with E-state index in [2.05, 4.69) is 24.3 Å². The minimum absolute atomic E-state index is 0.389. The fourth-order valence-corrected chi connectivity index (χ4v) is 8.35. The van der Waals surface area contributed by atoms with Crippen LogP contribution in [0.3, 0.4) is 0 Å². The first-order chi connectivity index (χ1) is 11.4. The maximum Gasteiger partial charge on any atom is 0.673 e. The third-order valence-corrected chi connectivity index (χ3v) is 8.88. The number of benzene rings is 1. The Morgan fingerprint density at radius 3 is 1.79 bits per heavy atom. The summed E-state index contributed by atoms with van der Waals surface area (Å²) in [4.78, 5) is 0. The predicted octanol–water partition coefficient (Wildman–Crippen LogP) is 5.72. The van der Waals surface area contributed by atoms with Crippen molar-refractivity contribution in [3.8, 4) is 5.75 Å². The molecule has 0 bridgehead atoms. The molecule has 24 heavy (non-hydrogen) atoms. The highest BCUT2D eigenvalue weighted by Gasteiger charge is 2.40. The van der Waals surface area contributed by atoms with Crippen LogP contribution in [0.2, 0.25) is 0 Å². The van der Waals surface area contributed by atoms with Crippen LogP contribution >= 0.6 is 7.92 Å². The highest BCUT2D eigenvalue weighted by molar-refractivity contribution is 7.67. The lowest BCUT2D eigenvalue weighted by Crippen LogP contribution is -2.19. The number of hydrogen-bond acceptors (Lipinski definition) is 1. The summed E-state index contributed by atoms with van der Waals surface area (Å²) in [7, 11) is -4.60. The zero-order chi connectivity index (χ0) is 17.6. The fourth-order valence-electron chi connectivity index (χ4n) is 4.08. The van der Waals surface area contributed by atoms with Crippen molar-refractivity contribution in [1.29, 1.82) is 0 Å². The Balaban J connectivity index is 0.000000368. The molecule has 0 N–H and O–H groups in total. The molecule has 1 aromatic carbocycles. The average Bonchev–Trinajstić information content (AvgIpc) is 3.20. The molecule has 0 unspecified atom stereocenters. The summed E-state index contributed by atoms with van der Waals surface area (Å²) in [6.07, 6.45) is 11.8. The van der Waals surface area contributed by atoms with E-state index in [1.54, 1.807) is 12.4 Å². The summed E-state index contributed by atoms with van der Waals surface area (Å²) in [5.41, 5.74) is 2.06. The SMILES string of the molecule is COc1cccc([PH+](C2CCCC2)C2CCCC2)c1.F[B-](F)(F)F. The maximum absolute atomic E-state index is 9.75. The van der Waals surface area contributed by atoms with Crippen molar-refractivity contribution >= 4 is 20.5 Å². The van der Waals surface area contributed by atoms with Crippen LogP contribution in [-0.2, 0) is 0 Å². The highest BCUT2D eigenvalue weighted by Crippen LogP contribution is 2.56. The smallest absolute Gasteiger partial charge is 0.497 e. The monoisotopic (exact) mass is 364 g/mol. The predicted molar refractivity (Wildman–Crippen MR) is 95.6 cm³/mol. The number of halogens is 4. The lowest BCUT2D eigenvalue weighted by Gasteiger charge is -2.22. The third kappa shape index (κ3) is 6.27. The van der Waals surface area contributed by atoms with Gasteiger partial charge in [0.25, 0.3) is 0 Å². The van der Waals surface area contributed by atoms with E-state index in [1.165, 1.54) is 51.4 Å². The quantitative estimate of drug-likeness (QED) is 0.377. The van der Waals surface area contributed by atoms with Crippen LogP contribution < -0.4 is 10.0 Å². The van der Waals surface area contributed by atoms with Crippen molar-refractivity contribution < 1.29 is 22.0 Å². The van der Waals surface area contributed by atoms with Crippen molar-refractivity contribution in [2.75, 3.05) is 7.11 Å². The van der Waals surface area contributed by atoms with Gasteiger partial charge in [-0.05, 0) is 63.5 Å². The molecule has 0 amide bonds. The van der Waals surface area contributed by atoms with Crippen molar-refractivity contribution in [2.24, 2.45) is 0 Å². The highest BCUT2D eigenvalue weighted by atomic mass is 31.1. The van der Waals surface area contributed by atoms with E-state index in [9.17, 15) is 17.3 Å². The third-order valence-electron chi connectivity index (χ3n) is 4.99. The van der Waals surface area contributed by atoms with E-state index < -0.39 is 7.25 Å². The van der Waals surface area contributed by atoms with Crippen molar-refractivity contribution in [2.45, 2.75) is 62.7 Å². The van der Waals surface area contributed by atoms with Gasteiger partial charge < -0.3 is 22.0 Å². The molecule has 0 heterocycles. The van der Waals surface area contributed by atoms with Gasteiger partial charge in [-0.2, -0.15) is 0 Å². The van der Waals surface area contributed by atoms with Gasteiger partial charge in [0.2, 0.25) is 0 Å². The molecule has 1 nitrogen and oxygen atoms in total. The first-order valence-electron chi connectivity index (χ1n) is 8.77. The molecule has 136 valence electrons. The van der Waals surface area contributed by atoms with Gasteiger partial charge in [0.05, 0.1) is 23.7 Å². The molecule has 0 atom stereocenters. The van der Waals surface area contributed by atoms with Crippen LogP contribution in [0.15, 0.2) is 24.3 Å². The van der Waals surface area contributed by atoms with Crippen LogP contribution in [0.1, 0.15) is 51.4 Å². The van der Waals surface area contributed by atoms with Gasteiger partial charge in [0, 0.05) is 14.0 Å². The summed E-state index contributed by atoms with van der Waals surface area (Å²) >= 11 is 0. The van der Waals surface area contributed by atoms with Gasteiger partial charge in [-0.25, -0.2) is 0 Å². The standard InChI is InChI=1S/C17H25OP.BF4/c1-18-14-7-6-12-17(13-14)19(15-8-2-3-9-15)16-10-4-5-11-16;2-1(3,4)5/h6-7,12-13,15-16H,2-5,8-11H2,1H3;/q;-1/p+1. The Labute approximate surface area is 143 Å². The van der Waals surface area contributed by atoms with Crippen LogP contribution in [0, 0.1) is 0 Å². The fraction of sp³-hybridized carbons (Fsp3) is 0.647. The Kier molecular flexibility index (Phi) is 7.40. The van der Waals surface area contributed by atoms with Crippen LogP contribution in [0.4, 0.5) is 17.3 Å². The van der Waals surface area contributed by atoms with Gasteiger partial charge in [0.1, 0.15) is 5.75 Å². The lowest BCUT2D eigenvalue weighted by atomic mass is 10.3. The largest absolute Gasteiger partial charge is 0.673 e. The van der Waals surface area contributed by atoms with Crippen molar-refractivity contribution in [1.82, 2.24) is 0 Å². The summed E-state index contributed by atoms with van der Waals surface area (Å²) in [5, 5.41) is 1.64. The van der Waals surface area contributed by atoms with Gasteiger partial charge in [0.15, 0.2) is 0 Å². The van der Waals surface area contributed by atoms with Crippen LogP contribution in [-0.4, -0.2) is 25.7 Å². The zero-order valence-corrected chi connectivity index (χ0v) is 15.1. The molecule has 3 rings (SSSR count). The van der Waals surface area contributed by atoms with Gasteiger partial charge in [-0.15, -0.1) is 0 Å². The first-order valence-corrected chi connectivity index (χ1v) is 10.4. The number of methoxy groups -OCH3 is 1. The molecule has 1 aromatic rings.